The summed E-state index contributed by atoms with van der Waals surface area (Å²) in [6.45, 7) is 6.62. The minimum absolute atomic E-state index is 0.175. The molecule has 6 nitrogen and oxygen atoms in total. The van der Waals surface area contributed by atoms with Crippen LogP contribution in [-0.2, 0) is 23.2 Å². The third kappa shape index (κ3) is 3.14. The van der Waals surface area contributed by atoms with Crippen LogP contribution in [0.4, 0.5) is 11.4 Å². The minimum atomic E-state index is -1.13. The molecule has 1 aromatic carbocycles. The van der Waals surface area contributed by atoms with Gasteiger partial charge in [-0.15, -0.1) is 0 Å². The van der Waals surface area contributed by atoms with E-state index in [0.717, 1.165) is 46.1 Å². The van der Waals surface area contributed by atoms with Crippen molar-refractivity contribution >= 4 is 28.6 Å². The van der Waals surface area contributed by atoms with Crippen molar-refractivity contribution in [3.8, 4) is 0 Å². The Morgan fingerprint density at radius 3 is 2.42 bits per heavy atom. The molecule has 1 amide bonds. The average Bonchev–Trinajstić information content (AvgIpc) is 3.04. The first kappa shape index (κ1) is 16.9. The van der Waals surface area contributed by atoms with E-state index in [-0.39, 0.29) is 5.91 Å². The first-order valence-electron chi connectivity index (χ1n) is 7.98. The number of aryl methyl sites for hydroxylation is 4. The lowest BCUT2D eigenvalue weighted by Gasteiger charge is -2.18. The van der Waals surface area contributed by atoms with E-state index in [2.05, 4.69) is 9.82 Å². The zero-order valence-corrected chi connectivity index (χ0v) is 15.3. The van der Waals surface area contributed by atoms with Crippen molar-refractivity contribution in [3.63, 3.8) is 0 Å². The fourth-order valence-corrected chi connectivity index (χ4v) is 4.40. The molecule has 0 bridgehead atoms. The van der Waals surface area contributed by atoms with Crippen molar-refractivity contribution < 1.29 is 9.35 Å². The summed E-state index contributed by atoms with van der Waals surface area (Å²) in [5.74, 6) is 0.175. The molecule has 0 saturated carbocycles. The Morgan fingerprint density at radius 2 is 1.92 bits per heavy atom. The molecule has 1 fully saturated rings. The lowest BCUT2D eigenvalue weighted by atomic mass is 10.1. The smallest absolute Gasteiger partial charge is 0.304 e. The summed E-state index contributed by atoms with van der Waals surface area (Å²) in [6.07, 6.45) is 3.38. The highest BCUT2D eigenvalue weighted by Gasteiger charge is 2.30. The van der Waals surface area contributed by atoms with Crippen LogP contribution in [0.3, 0.4) is 0 Å². The van der Waals surface area contributed by atoms with Gasteiger partial charge in [-0.3, -0.25) is 9.48 Å². The first-order chi connectivity index (χ1) is 11.4. The quantitative estimate of drug-likeness (QED) is 0.834. The molecule has 0 radical (unpaired) electrons. The third-order valence-electron chi connectivity index (χ3n) is 4.24. The first-order valence-corrected chi connectivity index (χ1v) is 9.17. The van der Waals surface area contributed by atoms with Crippen LogP contribution < -0.4 is 9.62 Å². The minimum Gasteiger partial charge on any atom is -0.312 e. The standard InChI is InChI=1S/C17H23N4O2S/c1-11-8-14(21-7-5-6-16(21)22)9-12(2)17(11)24(23)19-15-10-20(4)18-13(15)3/h8-10,19,23H,5-7H2,1-4H3/q+1. The average molecular weight is 347 g/mol. The van der Waals surface area contributed by atoms with Crippen LogP contribution in [0.2, 0.25) is 0 Å². The summed E-state index contributed by atoms with van der Waals surface area (Å²) in [5, 5.41) is 4.28. The second kappa shape index (κ2) is 6.49. The van der Waals surface area contributed by atoms with Gasteiger partial charge in [0, 0.05) is 36.8 Å². The molecule has 1 aliphatic rings. The molecule has 128 valence electrons. The lowest BCUT2D eigenvalue weighted by molar-refractivity contribution is -0.117. The van der Waals surface area contributed by atoms with Gasteiger partial charge in [0.25, 0.3) is 0 Å². The fourth-order valence-electron chi connectivity index (χ4n) is 3.16. The zero-order chi connectivity index (χ0) is 17.4. The van der Waals surface area contributed by atoms with Gasteiger partial charge in [0.05, 0.1) is 11.9 Å². The second-order valence-electron chi connectivity index (χ2n) is 6.25. The van der Waals surface area contributed by atoms with Crippen molar-refractivity contribution in [2.45, 2.75) is 38.5 Å². The van der Waals surface area contributed by atoms with E-state index in [4.69, 9.17) is 0 Å². The molecule has 7 heteroatoms. The highest BCUT2D eigenvalue weighted by Crippen LogP contribution is 2.30. The molecule has 0 spiro atoms. The monoisotopic (exact) mass is 347 g/mol. The normalized spacial score (nSPS) is 15.9. The van der Waals surface area contributed by atoms with E-state index in [9.17, 15) is 9.35 Å². The van der Waals surface area contributed by atoms with Crippen molar-refractivity contribution in [2.75, 3.05) is 16.2 Å². The van der Waals surface area contributed by atoms with E-state index in [1.165, 1.54) is 0 Å². The number of rotatable bonds is 4. The molecule has 2 aromatic rings. The van der Waals surface area contributed by atoms with Crippen LogP contribution in [0.15, 0.2) is 23.2 Å². The SMILES string of the molecule is Cc1cc(N2CCCC2=O)cc(C)c1[S+](O)Nc1cn(C)nc1C. The van der Waals surface area contributed by atoms with Gasteiger partial charge in [0.1, 0.15) is 5.69 Å². The van der Waals surface area contributed by atoms with Gasteiger partial charge in [0.15, 0.2) is 0 Å². The Morgan fingerprint density at radius 1 is 1.25 bits per heavy atom. The third-order valence-corrected chi connectivity index (χ3v) is 5.69. The summed E-state index contributed by atoms with van der Waals surface area (Å²) in [4.78, 5) is 14.7. The number of carbonyl (C=O) groups excluding carboxylic acids is 1. The maximum atomic E-state index is 12.0. The molecular formula is C17H23N4O2S+. The van der Waals surface area contributed by atoms with Gasteiger partial charge in [-0.1, -0.05) is 0 Å². The number of aromatic nitrogens is 2. The summed E-state index contributed by atoms with van der Waals surface area (Å²) < 4.78 is 15.5. The molecule has 2 heterocycles. The maximum absolute atomic E-state index is 12.0. The summed E-state index contributed by atoms with van der Waals surface area (Å²) >= 11 is -1.13. The number of anilines is 2. The lowest BCUT2D eigenvalue weighted by Crippen LogP contribution is -2.24. The molecule has 1 saturated heterocycles. The Hall–Kier alpha value is -1.99. The molecule has 3 rings (SSSR count). The molecule has 24 heavy (non-hydrogen) atoms. The highest BCUT2D eigenvalue weighted by atomic mass is 32.2. The number of carbonyl (C=O) groups is 1. The number of nitrogens with zero attached hydrogens (tertiary/aromatic N) is 3. The van der Waals surface area contributed by atoms with Crippen molar-refractivity contribution in [2.24, 2.45) is 7.05 Å². The predicted octanol–water partition coefficient (Wildman–Crippen LogP) is 2.95. The molecule has 1 atom stereocenters. The van der Waals surface area contributed by atoms with Crippen molar-refractivity contribution in [3.05, 3.63) is 35.2 Å². The highest BCUT2D eigenvalue weighted by molar-refractivity contribution is 7.93. The number of hydrogen-bond donors (Lipinski definition) is 2. The van der Waals surface area contributed by atoms with Gasteiger partial charge in [-0.05, 0) is 39.3 Å². The van der Waals surface area contributed by atoms with Gasteiger partial charge < -0.3 is 4.90 Å². The summed E-state index contributed by atoms with van der Waals surface area (Å²) in [7, 11) is 1.85. The molecule has 1 aliphatic heterocycles. The number of nitrogens with one attached hydrogen (secondary N) is 1. The van der Waals surface area contributed by atoms with Crippen LogP contribution in [0.5, 0.6) is 0 Å². The number of amides is 1. The van der Waals surface area contributed by atoms with Gasteiger partial charge in [0.2, 0.25) is 10.8 Å². The van der Waals surface area contributed by atoms with E-state index in [1.807, 2.05) is 51.0 Å². The van der Waals surface area contributed by atoms with Crippen LogP contribution in [0.1, 0.15) is 29.7 Å². The van der Waals surface area contributed by atoms with Crippen molar-refractivity contribution in [1.29, 1.82) is 0 Å². The largest absolute Gasteiger partial charge is 0.312 e. The van der Waals surface area contributed by atoms with E-state index in [0.29, 0.717) is 6.42 Å². The van der Waals surface area contributed by atoms with E-state index < -0.39 is 11.4 Å². The topological polar surface area (TPSA) is 70.4 Å². The molecular weight excluding hydrogens is 324 g/mol. The number of hydrogen-bond acceptors (Lipinski definition) is 4. The Bertz CT molecular complexity index is 764. The predicted molar refractivity (Wildman–Crippen MR) is 97.3 cm³/mol. The van der Waals surface area contributed by atoms with E-state index >= 15 is 0 Å². The van der Waals surface area contributed by atoms with Gasteiger partial charge in [-0.2, -0.15) is 14.4 Å². The van der Waals surface area contributed by atoms with E-state index in [1.54, 1.807) is 4.68 Å². The zero-order valence-electron chi connectivity index (χ0n) is 14.5. The fraction of sp³-hybridized carbons (Fsp3) is 0.412. The van der Waals surface area contributed by atoms with Gasteiger partial charge >= 0.3 is 11.4 Å². The molecule has 1 aromatic heterocycles. The maximum Gasteiger partial charge on any atom is 0.304 e. The Kier molecular flexibility index (Phi) is 4.56. The van der Waals surface area contributed by atoms with Crippen LogP contribution in [-0.4, -0.2) is 26.8 Å². The van der Waals surface area contributed by atoms with Crippen LogP contribution >= 0.6 is 0 Å². The molecule has 2 N–H and O–H groups in total. The van der Waals surface area contributed by atoms with Gasteiger partial charge in [-0.25, -0.2) is 0 Å². The Labute approximate surface area is 145 Å². The molecule has 0 aliphatic carbocycles. The summed E-state index contributed by atoms with van der Waals surface area (Å²) in [5.41, 5.74) is 4.54. The van der Waals surface area contributed by atoms with Crippen LogP contribution in [0.25, 0.3) is 0 Å². The van der Waals surface area contributed by atoms with Crippen LogP contribution in [0, 0.1) is 20.8 Å². The number of benzene rings is 1. The Balaban J connectivity index is 1.88. The van der Waals surface area contributed by atoms with Crippen molar-refractivity contribution in [1.82, 2.24) is 9.78 Å². The summed E-state index contributed by atoms with van der Waals surface area (Å²) in [6, 6.07) is 3.97. The second-order valence-corrected chi connectivity index (χ2v) is 7.43. The molecule has 1 unspecified atom stereocenters.